The van der Waals surface area contributed by atoms with Gasteiger partial charge in [-0.2, -0.15) is 0 Å². The van der Waals surface area contributed by atoms with Gasteiger partial charge in [-0.3, -0.25) is 0 Å². The molecule has 0 aliphatic heterocycles. The predicted octanol–water partition coefficient (Wildman–Crippen LogP) is 4.20. The van der Waals surface area contributed by atoms with E-state index in [1.54, 1.807) is 14.3 Å². The number of hydrogen-bond donors (Lipinski definition) is 0. The minimum absolute atomic E-state index is 0. The Morgan fingerprint density at radius 1 is 0.818 bits per heavy atom. The monoisotopic (exact) mass is 406 g/mol. The molecule has 0 aromatic heterocycles. The Kier molecular flexibility index (Phi) is 6.22. The summed E-state index contributed by atoms with van der Waals surface area (Å²) < 4.78 is 1.76. The summed E-state index contributed by atoms with van der Waals surface area (Å²) in [6.45, 7) is -1.13. The third-order valence-corrected chi connectivity index (χ3v) is 22.7. The zero-order chi connectivity index (χ0) is 14.7. The van der Waals surface area contributed by atoms with E-state index in [1.807, 2.05) is 0 Å². The van der Waals surface area contributed by atoms with Crippen LogP contribution in [0.4, 0.5) is 0 Å². The van der Waals surface area contributed by atoms with Crippen molar-refractivity contribution >= 4 is 34.0 Å². The number of hydrogen-bond acceptors (Lipinski definition) is 0. The molecule has 0 fully saturated rings. The van der Waals surface area contributed by atoms with E-state index in [9.17, 15) is 0 Å². The van der Waals surface area contributed by atoms with Gasteiger partial charge < -0.3 is 0 Å². The third-order valence-electron chi connectivity index (χ3n) is 4.59. The van der Waals surface area contributed by atoms with E-state index >= 15 is 0 Å². The van der Waals surface area contributed by atoms with Gasteiger partial charge in [0.15, 0.2) is 0 Å². The molecule has 0 heterocycles. The molecule has 3 rings (SSSR count). The van der Waals surface area contributed by atoms with Gasteiger partial charge in [-0.15, -0.1) is 17.0 Å². The molecular formula is C19H23BrSiTi. The fourth-order valence-electron chi connectivity index (χ4n) is 3.43. The second-order valence-corrected chi connectivity index (χ2v) is 23.5. The van der Waals surface area contributed by atoms with Crippen molar-refractivity contribution < 1.29 is 15.8 Å². The standard InChI is InChI=1S/C12H11Si.C5H5.2CH3.BrH.Ti/c1-3-7-11(8-4-1)13-12-9-5-2-6-10-12;1-2-4-5-3-1;;;;/h1-10,13H;1-3H,4H2;2*1H3;1H;. The van der Waals surface area contributed by atoms with Gasteiger partial charge in [-0.25, -0.2) is 0 Å². The van der Waals surface area contributed by atoms with E-state index in [4.69, 9.17) is 0 Å². The van der Waals surface area contributed by atoms with Crippen molar-refractivity contribution in [2.75, 3.05) is 0 Å². The molecule has 0 saturated heterocycles. The molecule has 0 radical (unpaired) electrons. The van der Waals surface area contributed by atoms with Gasteiger partial charge in [0.1, 0.15) is 0 Å². The van der Waals surface area contributed by atoms with Crippen molar-refractivity contribution in [2.24, 2.45) is 0 Å². The van der Waals surface area contributed by atoms with Crippen LogP contribution >= 0.6 is 17.0 Å². The Bertz CT molecular complexity index is 623. The number of allylic oxidation sites excluding steroid dienone is 4. The van der Waals surface area contributed by atoms with Crippen LogP contribution < -0.4 is 10.4 Å². The van der Waals surface area contributed by atoms with Crippen molar-refractivity contribution in [1.82, 2.24) is 0 Å². The Labute approximate surface area is 148 Å². The van der Waals surface area contributed by atoms with E-state index < -0.39 is 22.5 Å². The van der Waals surface area contributed by atoms with Crippen LogP contribution in [0.5, 0.6) is 0 Å². The van der Waals surface area contributed by atoms with Crippen molar-refractivity contribution in [3.63, 3.8) is 0 Å². The summed E-state index contributed by atoms with van der Waals surface area (Å²) in [5.41, 5.74) is 0. The summed E-state index contributed by atoms with van der Waals surface area (Å²) >= 11 is -2.03. The summed E-state index contributed by atoms with van der Waals surface area (Å²) in [7, 11) is 0. The van der Waals surface area contributed by atoms with Gasteiger partial charge >= 0.3 is 133 Å². The molecule has 0 bridgehead atoms. The molecule has 0 unspecified atom stereocenters. The van der Waals surface area contributed by atoms with Crippen molar-refractivity contribution in [3.8, 4) is 0 Å². The van der Waals surface area contributed by atoms with Gasteiger partial charge in [-0.05, 0) is 0 Å². The van der Waals surface area contributed by atoms with Gasteiger partial charge in [0, 0.05) is 0 Å². The molecule has 0 atom stereocenters. The van der Waals surface area contributed by atoms with Crippen LogP contribution in [0.25, 0.3) is 0 Å². The molecule has 3 heteroatoms. The molecule has 1 aliphatic carbocycles. The normalized spacial score (nSPS) is 13.9. The number of benzene rings is 2. The Morgan fingerprint density at radius 2 is 1.32 bits per heavy atom. The average molecular weight is 407 g/mol. The van der Waals surface area contributed by atoms with Crippen LogP contribution in [0.15, 0.2) is 82.8 Å². The topological polar surface area (TPSA) is 0 Å². The van der Waals surface area contributed by atoms with E-state index in [0.29, 0.717) is 0 Å². The van der Waals surface area contributed by atoms with E-state index in [2.05, 4.69) is 89.3 Å². The zero-order valence-electron chi connectivity index (χ0n) is 13.2. The Hall–Kier alpha value is -0.669. The summed E-state index contributed by atoms with van der Waals surface area (Å²) in [6, 6.07) is 22.5. The second kappa shape index (κ2) is 7.74. The SMILES string of the molecule is Br.[CH3][Ti]([CH3])([C]1=CC=CC1)[SiH](c1ccccc1)c1ccccc1. The maximum absolute atomic E-state index is 2.62. The Morgan fingerprint density at radius 3 is 1.73 bits per heavy atom. The average Bonchev–Trinajstić information content (AvgIpc) is 3.04. The second-order valence-electron chi connectivity index (χ2n) is 6.30. The summed E-state index contributed by atoms with van der Waals surface area (Å²) in [6.07, 6.45) is 8.18. The fourth-order valence-corrected chi connectivity index (χ4v) is 21.1. The van der Waals surface area contributed by atoms with Crippen LogP contribution in [0.2, 0.25) is 10.5 Å². The first-order chi connectivity index (χ1) is 10.2. The molecular weight excluding hydrogens is 384 g/mol. The molecule has 0 N–H and O–H groups in total. The minimum atomic E-state index is -2.03. The quantitative estimate of drug-likeness (QED) is 0.667. The summed E-state index contributed by atoms with van der Waals surface area (Å²) in [5, 5.41) is 8.47. The van der Waals surface area contributed by atoms with E-state index in [1.165, 1.54) is 6.42 Å². The van der Waals surface area contributed by atoms with Crippen molar-refractivity contribution in [3.05, 3.63) is 82.8 Å². The molecule has 1 aliphatic rings. The Balaban J connectivity index is 0.00000176. The molecule has 0 amide bonds. The molecule has 2 aromatic carbocycles. The van der Waals surface area contributed by atoms with Crippen molar-refractivity contribution in [2.45, 2.75) is 16.9 Å². The third kappa shape index (κ3) is 3.63. The van der Waals surface area contributed by atoms with Crippen LogP contribution in [-0.4, -0.2) is 6.66 Å². The van der Waals surface area contributed by atoms with Gasteiger partial charge in [-0.1, -0.05) is 0 Å². The molecule has 2 aromatic rings. The summed E-state index contributed by atoms with van der Waals surface area (Å²) in [5.74, 6) is 0. The van der Waals surface area contributed by atoms with Crippen LogP contribution in [0, 0.1) is 0 Å². The number of halogens is 1. The first kappa shape index (κ1) is 17.7. The van der Waals surface area contributed by atoms with E-state index in [-0.39, 0.29) is 17.0 Å². The van der Waals surface area contributed by atoms with Crippen LogP contribution in [-0.2, 0) is 15.8 Å². The number of rotatable bonds is 4. The van der Waals surface area contributed by atoms with E-state index in [0.717, 1.165) is 0 Å². The molecule has 22 heavy (non-hydrogen) atoms. The van der Waals surface area contributed by atoms with Crippen LogP contribution in [0.1, 0.15) is 6.42 Å². The van der Waals surface area contributed by atoms with Gasteiger partial charge in [0.25, 0.3) is 0 Å². The van der Waals surface area contributed by atoms with Gasteiger partial charge in [0.2, 0.25) is 0 Å². The molecule has 0 nitrogen and oxygen atoms in total. The maximum atomic E-state index is 2.62. The van der Waals surface area contributed by atoms with Crippen molar-refractivity contribution in [1.29, 1.82) is 0 Å². The first-order valence-corrected chi connectivity index (χ1v) is 16.0. The molecule has 114 valence electrons. The summed E-state index contributed by atoms with van der Waals surface area (Å²) in [4.78, 5) is 0. The fraction of sp³-hybridized carbons (Fsp3) is 0.158. The van der Waals surface area contributed by atoms with Gasteiger partial charge in [0.05, 0.1) is 0 Å². The zero-order valence-corrected chi connectivity index (χ0v) is 17.6. The molecule has 0 saturated carbocycles. The molecule has 0 spiro atoms. The first-order valence-electron chi connectivity index (χ1n) is 7.65. The van der Waals surface area contributed by atoms with Crippen LogP contribution in [0.3, 0.4) is 0 Å². The predicted molar refractivity (Wildman–Crippen MR) is 103 cm³/mol.